The minimum atomic E-state index is 0.385. The van der Waals surface area contributed by atoms with Crippen LogP contribution in [0.4, 0.5) is 0 Å². The van der Waals surface area contributed by atoms with Gasteiger partial charge < -0.3 is 0 Å². The second-order valence-corrected chi connectivity index (χ2v) is 8.07. The molecule has 0 aromatic rings. The van der Waals surface area contributed by atoms with E-state index in [1.165, 1.54) is 32.5 Å². The Hall–Kier alpha value is -0.450. The van der Waals surface area contributed by atoms with E-state index in [0.717, 1.165) is 19.0 Å². The zero-order valence-electron chi connectivity index (χ0n) is 17.9. The van der Waals surface area contributed by atoms with Gasteiger partial charge in [0.1, 0.15) is 5.78 Å². The first-order valence-corrected chi connectivity index (χ1v) is 10.6. The highest BCUT2D eigenvalue weighted by atomic mass is 16.1. The second kappa shape index (κ2) is 11.3. The Morgan fingerprint density at radius 2 is 1.52 bits per heavy atom. The molecule has 0 aromatic heterocycles. The maximum Gasteiger partial charge on any atom is 0.146 e. The van der Waals surface area contributed by atoms with E-state index in [1.807, 2.05) is 20.8 Å². The van der Waals surface area contributed by atoms with Crippen molar-refractivity contribution >= 4 is 5.78 Å². The topological polar surface area (TPSA) is 26.8 Å². The highest BCUT2D eigenvalue weighted by molar-refractivity contribution is 5.80. The standard InChI is InChI=1S/C19H37N3O.C2H6/c1-6-19(23)14-20-9-7-18(8-10-20)13-21-11-16(4)22(15(2)3)17(5)12-21;1-2/h15-18H,6-14H2,1-5H3;1-2H3/t16-,17+;. The summed E-state index contributed by atoms with van der Waals surface area (Å²) in [4.78, 5) is 19.3. The lowest BCUT2D eigenvalue weighted by Crippen LogP contribution is -2.59. The number of hydrogen-bond acceptors (Lipinski definition) is 4. The van der Waals surface area contributed by atoms with E-state index in [0.29, 0.717) is 36.9 Å². The molecule has 2 aliphatic heterocycles. The van der Waals surface area contributed by atoms with Gasteiger partial charge in [0.15, 0.2) is 0 Å². The van der Waals surface area contributed by atoms with E-state index in [1.54, 1.807) is 0 Å². The number of ketones is 1. The van der Waals surface area contributed by atoms with E-state index in [2.05, 4.69) is 42.4 Å². The van der Waals surface area contributed by atoms with E-state index in [4.69, 9.17) is 0 Å². The van der Waals surface area contributed by atoms with Gasteiger partial charge in [0, 0.05) is 44.2 Å². The third-order valence-electron chi connectivity index (χ3n) is 5.68. The Labute approximate surface area is 156 Å². The fourth-order valence-corrected chi connectivity index (χ4v) is 4.67. The summed E-state index contributed by atoms with van der Waals surface area (Å²) in [7, 11) is 0. The Kier molecular flexibility index (Phi) is 10.2. The van der Waals surface area contributed by atoms with Crippen LogP contribution < -0.4 is 0 Å². The molecular weight excluding hydrogens is 310 g/mol. The number of hydrogen-bond donors (Lipinski definition) is 0. The summed E-state index contributed by atoms with van der Waals surface area (Å²) in [5.74, 6) is 1.20. The number of carbonyl (C=O) groups is 1. The lowest BCUT2D eigenvalue weighted by Gasteiger charge is -2.47. The van der Waals surface area contributed by atoms with Crippen molar-refractivity contribution in [1.29, 1.82) is 0 Å². The summed E-state index contributed by atoms with van der Waals surface area (Å²) in [5, 5.41) is 0. The number of rotatable bonds is 6. The quantitative estimate of drug-likeness (QED) is 0.730. The fraction of sp³-hybridized carbons (Fsp3) is 0.952. The molecular formula is C21H43N3O. The van der Waals surface area contributed by atoms with Crippen LogP contribution in [0.3, 0.4) is 0 Å². The van der Waals surface area contributed by atoms with Gasteiger partial charge in [-0.15, -0.1) is 0 Å². The molecule has 0 saturated carbocycles. The van der Waals surface area contributed by atoms with E-state index in [9.17, 15) is 4.79 Å². The molecule has 2 rings (SSSR count). The maximum absolute atomic E-state index is 11.6. The third-order valence-corrected chi connectivity index (χ3v) is 5.68. The molecule has 0 radical (unpaired) electrons. The molecule has 2 fully saturated rings. The van der Waals surface area contributed by atoms with Gasteiger partial charge >= 0.3 is 0 Å². The monoisotopic (exact) mass is 353 g/mol. The van der Waals surface area contributed by atoms with Crippen LogP contribution in [0.2, 0.25) is 0 Å². The van der Waals surface area contributed by atoms with Crippen LogP contribution in [0.25, 0.3) is 0 Å². The van der Waals surface area contributed by atoms with Crippen molar-refractivity contribution in [3.63, 3.8) is 0 Å². The van der Waals surface area contributed by atoms with E-state index in [-0.39, 0.29) is 0 Å². The van der Waals surface area contributed by atoms with Gasteiger partial charge in [-0.3, -0.25) is 19.5 Å². The molecule has 0 unspecified atom stereocenters. The lowest BCUT2D eigenvalue weighted by atomic mass is 9.94. The molecule has 4 nitrogen and oxygen atoms in total. The predicted octanol–water partition coefficient (Wildman–Crippen LogP) is 3.51. The summed E-state index contributed by atoms with van der Waals surface area (Å²) >= 11 is 0. The lowest BCUT2D eigenvalue weighted by molar-refractivity contribution is -0.120. The highest BCUT2D eigenvalue weighted by Crippen LogP contribution is 2.23. The molecule has 2 saturated heterocycles. The van der Waals surface area contributed by atoms with Gasteiger partial charge in [-0.05, 0) is 59.5 Å². The molecule has 0 bridgehead atoms. The third kappa shape index (κ3) is 6.99. The largest absolute Gasteiger partial charge is 0.300 e. The van der Waals surface area contributed by atoms with Crippen LogP contribution in [0.5, 0.6) is 0 Å². The van der Waals surface area contributed by atoms with E-state index < -0.39 is 0 Å². The number of piperidine rings is 1. The van der Waals surface area contributed by atoms with Crippen LogP contribution in [0, 0.1) is 5.92 Å². The summed E-state index contributed by atoms with van der Waals surface area (Å²) in [6, 6.07) is 1.95. The molecule has 0 amide bonds. The maximum atomic E-state index is 11.6. The predicted molar refractivity (Wildman–Crippen MR) is 108 cm³/mol. The van der Waals surface area contributed by atoms with Crippen LogP contribution in [0.15, 0.2) is 0 Å². The van der Waals surface area contributed by atoms with Crippen molar-refractivity contribution < 1.29 is 4.79 Å². The number of Topliss-reactive ketones (excluding diaryl/α,β-unsaturated/α-hetero) is 1. The van der Waals surface area contributed by atoms with Gasteiger partial charge in [0.25, 0.3) is 0 Å². The summed E-state index contributed by atoms with van der Waals surface area (Å²) in [6.45, 7) is 21.9. The van der Waals surface area contributed by atoms with Crippen molar-refractivity contribution in [3.05, 3.63) is 0 Å². The van der Waals surface area contributed by atoms with Crippen molar-refractivity contribution in [2.24, 2.45) is 5.92 Å². The first-order chi connectivity index (χ1) is 11.9. The molecule has 148 valence electrons. The average Bonchev–Trinajstić information content (AvgIpc) is 2.57. The van der Waals surface area contributed by atoms with E-state index >= 15 is 0 Å². The van der Waals surface area contributed by atoms with Gasteiger partial charge in [-0.25, -0.2) is 0 Å². The Balaban J connectivity index is 0.00000151. The van der Waals surface area contributed by atoms with Crippen molar-refractivity contribution in [3.8, 4) is 0 Å². The molecule has 4 heteroatoms. The molecule has 2 atom stereocenters. The average molecular weight is 354 g/mol. The Morgan fingerprint density at radius 3 is 1.96 bits per heavy atom. The molecule has 25 heavy (non-hydrogen) atoms. The zero-order valence-corrected chi connectivity index (χ0v) is 17.9. The minimum absolute atomic E-state index is 0.385. The molecule has 0 spiro atoms. The SMILES string of the molecule is CC.CCC(=O)CN1CCC(CN2C[C@@H](C)N(C(C)C)[C@@H](C)C2)CC1. The Morgan fingerprint density at radius 1 is 1.00 bits per heavy atom. The summed E-state index contributed by atoms with van der Waals surface area (Å²) < 4.78 is 0. The van der Waals surface area contributed by atoms with Crippen molar-refractivity contribution in [1.82, 2.24) is 14.7 Å². The molecule has 0 N–H and O–H groups in total. The minimum Gasteiger partial charge on any atom is -0.300 e. The first-order valence-electron chi connectivity index (χ1n) is 10.6. The summed E-state index contributed by atoms with van der Waals surface area (Å²) in [5.41, 5.74) is 0. The van der Waals surface area contributed by atoms with Crippen molar-refractivity contribution in [2.45, 2.75) is 85.9 Å². The molecule has 2 heterocycles. The first kappa shape index (κ1) is 22.6. The smallest absolute Gasteiger partial charge is 0.146 e. The fourth-order valence-electron chi connectivity index (χ4n) is 4.67. The molecule has 2 aliphatic rings. The summed E-state index contributed by atoms with van der Waals surface area (Å²) in [6.07, 6.45) is 3.18. The van der Waals surface area contributed by atoms with Crippen LogP contribution >= 0.6 is 0 Å². The molecule has 0 aliphatic carbocycles. The zero-order chi connectivity index (χ0) is 19.0. The number of piperazine rings is 1. The molecule has 0 aromatic carbocycles. The van der Waals surface area contributed by atoms with Crippen LogP contribution in [-0.4, -0.2) is 77.9 Å². The Bertz CT molecular complexity index is 365. The van der Waals surface area contributed by atoms with Crippen LogP contribution in [-0.2, 0) is 4.79 Å². The van der Waals surface area contributed by atoms with Gasteiger partial charge in [0.05, 0.1) is 6.54 Å². The number of nitrogens with zero attached hydrogens (tertiary/aromatic N) is 3. The van der Waals surface area contributed by atoms with Crippen molar-refractivity contribution in [2.75, 3.05) is 39.3 Å². The van der Waals surface area contributed by atoms with Gasteiger partial charge in [-0.1, -0.05) is 20.8 Å². The highest BCUT2D eigenvalue weighted by Gasteiger charge is 2.32. The normalized spacial score (nSPS) is 27.2. The second-order valence-electron chi connectivity index (χ2n) is 8.07. The van der Waals surface area contributed by atoms with Gasteiger partial charge in [0.2, 0.25) is 0 Å². The van der Waals surface area contributed by atoms with Gasteiger partial charge in [-0.2, -0.15) is 0 Å². The van der Waals surface area contributed by atoms with Crippen LogP contribution in [0.1, 0.15) is 67.7 Å². The number of carbonyl (C=O) groups excluding carboxylic acids is 1. The number of likely N-dealkylation sites (tertiary alicyclic amines) is 1.